The van der Waals surface area contributed by atoms with Gasteiger partial charge in [-0.25, -0.2) is 4.79 Å². The Hall–Kier alpha value is -2.20. The number of benzene rings is 1. The van der Waals surface area contributed by atoms with Gasteiger partial charge in [-0.15, -0.1) is 0 Å². The number of aliphatic carboxylic acids is 1. The van der Waals surface area contributed by atoms with Crippen LogP contribution in [0.1, 0.15) is 45.9 Å². The van der Waals surface area contributed by atoms with E-state index in [4.69, 9.17) is 27.5 Å². The van der Waals surface area contributed by atoms with E-state index in [9.17, 15) is 24.9 Å². The first kappa shape index (κ1) is 16.5. The molecule has 1 aromatic carbocycles. The first-order valence-electron chi connectivity index (χ1n) is 12.3. The molecule has 168 valence electrons. The molecule has 0 bridgehead atoms. The lowest BCUT2D eigenvalue weighted by molar-refractivity contribution is -0.288. The minimum atomic E-state index is -3.43. The van der Waals surface area contributed by atoms with Gasteiger partial charge < -0.3 is 34.6 Å². The van der Waals surface area contributed by atoms with Gasteiger partial charge in [-0.05, 0) is 57.6 Å². The minimum Gasteiger partial charge on any atom is -0.493 e. The summed E-state index contributed by atoms with van der Waals surface area (Å²) >= 11 is 0. The molecule has 1 aliphatic rings. The second-order valence-corrected chi connectivity index (χ2v) is 7.27. The normalized spacial score (nSPS) is 30.6. The van der Waals surface area contributed by atoms with Gasteiger partial charge in [0, 0.05) is 8.22 Å². The number of hydrogen-bond donors (Lipinski definition) is 4. The summed E-state index contributed by atoms with van der Waals surface area (Å²) in [7, 11) is 0. The topological polar surface area (TPSA) is 143 Å². The lowest BCUT2D eigenvalue weighted by Gasteiger charge is -2.39. The number of carbonyl (C=O) groups is 2. The van der Waals surface area contributed by atoms with Gasteiger partial charge in [0.25, 0.3) is 0 Å². The molecule has 9 nitrogen and oxygen atoms in total. The first-order chi connectivity index (χ1) is 16.4. The monoisotopic (exact) mass is 432 g/mol. The van der Waals surface area contributed by atoms with Gasteiger partial charge in [0.2, 0.25) is 6.29 Å². The highest BCUT2D eigenvalue weighted by Gasteiger charge is 2.49. The van der Waals surface area contributed by atoms with Crippen LogP contribution in [0.5, 0.6) is 5.75 Å². The molecule has 0 radical (unpaired) electrons. The molecular formula is C21H30O9. The molecule has 0 saturated carbocycles. The number of esters is 1. The van der Waals surface area contributed by atoms with Gasteiger partial charge in [0.15, 0.2) is 6.10 Å². The van der Waals surface area contributed by atoms with E-state index in [2.05, 4.69) is 0 Å². The smallest absolute Gasteiger partial charge is 0.335 e. The van der Waals surface area contributed by atoms with Gasteiger partial charge in [-0.3, -0.25) is 4.79 Å². The second kappa shape index (κ2) is 9.74. The molecule has 0 unspecified atom stereocenters. The Morgan fingerprint density at radius 1 is 1.17 bits per heavy atom. The van der Waals surface area contributed by atoms with Crippen LogP contribution in [0.4, 0.5) is 0 Å². The highest BCUT2D eigenvalue weighted by atomic mass is 16.7. The number of aryl methyl sites for hydroxylation is 2. The molecule has 1 aliphatic heterocycles. The third kappa shape index (κ3) is 5.69. The number of hydrogen-bond acceptors (Lipinski definition) is 8. The fraction of sp³-hybridized carbons (Fsp3) is 0.619. The highest BCUT2D eigenvalue weighted by Crippen LogP contribution is 2.29. The molecule has 1 heterocycles. The Balaban J connectivity index is 2.29. The maximum absolute atomic E-state index is 13.1. The number of carboxylic acid groups (broad SMARTS) is 1. The maximum atomic E-state index is 13.1. The number of aliphatic hydroxyl groups is 3. The minimum absolute atomic E-state index is 0.139. The number of rotatable bonds is 8. The van der Waals surface area contributed by atoms with Crippen molar-refractivity contribution in [2.24, 2.45) is 5.41 Å². The predicted molar refractivity (Wildman–Crippen MR) is 105 cm³/mol. The fourth-order valence-electron chi connectivity index (χ4n) is 2.84. The van der Waals surface area contributed by atoms with Gasteiger partial charge in [-0.2, -0.15) is 0 Å². The number of ether oxygens (including phenoxy) is 3. The SMILES string of the molecule is [2H]C([2H])([2H])C(CCCOc1cc(C)ccc1C)(C(=O)O[C@@H]1O[C@H](C(=O)O)[C@H](O)[C@H](O)[C@H]1O)C([2H])([2H])[2H]. The summed E-state index contributed by atoms with van der Waals surface area (Å²) in [5.41, 5.74) is -1.42. The highest BCUT2D eigenvalue weighted by molar-refractivity contribution is 5.76. The van der Waals surface area contributed by atoms with Crippen LogP contribution in [0.25, 0.3) is 0 Å². The molecule has 2 rings (SSSR count). The molecule has 0 spiro atoms. The summed E-state index contributed by atoms with van der Waals surface area (Å²) in [5.74, 6) is -3.08. The van der Waals surface area contributed by atoms with Crippen LogP contribution in [-0.2, 0) is 19.1 Å². The zero-order chi connectivity index (χ0) is 27.6. The summed E-state index contributed by atoms with van der Waals surface area (Å²) in [6.45, 7) is -3.38. The summed E-state index contributed by atoms with van der Waals surface area (Å²) in [4.78, 5) is 24.4. The van der Waals surface area contributed by atoms with Crippen LogP contribution < -0.4 is 4.74 Å². The van der Waals surface area contributed by atoms with Crippen molar-refractivity contribution in [3.63, 3.8) is 0 Å². The zero-order valence-corrected chi connectivity index (χ0v) is 16.6. The van der Waals surface area contributed by atoms with Crippen molar-refractivity contribution in [3.8, 4) is 5.75 Å². The third-order valence-electron chi connectivity index (χ3n) is 4.68. The van der Waals surface area contributed by atoms with E-state index in [0.29, 0.717) is 5.75 Å². The molecule has 1 fully saturated rings. The summed E-state index contributed by atoms with van der Waals surface area (Å²) in [5, 5.41) is 38.9. The van der Waals surface area contributed by atoms with Crippen molar-refractivity contribution < 1.29 is 52.5 Å². The van der Waals surface area contributed by atoms with Gasteiger partial charge in [-0.1, -0.05) is 12.1 Å². The van der Waals surface area contributed by atoms with Crippen LogP contribution in [0, 0.1) is 19.3 Å². The molecule has 1 aromatic rings. The van der Waals surface area contributed by atoms with Crippen molar-refractivity contribution >= 4 is 11.9 Å². The van der Waals surface area contributed by atoms with Gasteiger partial charge in [0.1, 0.15) is 24.1 Å². The van der Waals surface area contributed by atoms with E-state index >= 15 is 0 Å². The van der Waals surface area contributed by atoms with Crippen molar-refractivity contribution in [1.29, 1.82) is 0 Å². The standard InChI is InChI=1S/C21H30O9/c1-11-6-7-12(2)13(10-11)28-9-5-8-21(3,4)20(27)30-19-16(24)14(22)15(23)17(29-19)18(25)26/h6-7,10,14-17,19,22-24H,5,8-9H2,1-4H3,(H,25,26)/t14-,15+,16+,17-,19-/m0/s1/i3D3,4D3. The van der Waals surface area contributed by atoms with E-state index in [0.717, 1.165) is 11.1 Å². The van der Waals surface area contributed by atoms with E-state index in [1.807, 2.05) is 19.1 Å². The van der Waals surface area contributed by atoms with Crippen LogP contribution in [0.15, 0.2) is 18.2 Å². The van der Waals surface area contributed by atoms with Crippen molar-refractivity contribution in [3.05, 3.63) is 29.3 Å². The van der Waals surface area contributed by atoms with Crippen LogP contribution >= 0.6 is 0 Å². The first-order valence-corrected chi connectivity index (χ1v) is 9.27. The Bertz CT molecular complexity index is 935. The average molecular weight is 432 g/mol. The lowest BCUT2D eigenvalue weighted by Crippen LogP contribution is -2.61. The number of aliphatic hydroxyl groups excluding tert-OH is 3. The van der Waals surface area contributed by atoms with Crippen molar-refractivity contribution in [2.45, 2.75) is 71.1 Å². The molecule has 0 aliphatic carbocycles. The molecule has 0 amide bonds. The zero-order valence-electron chi connectivity index (χ0n) is 22.6. The van der Waals surface area contributed by atoms with Crippen molar-refractivity contribution in [1.82, 2.24) is 0 Å². The molecular weight excluding hydrogens is 396 g/mol. The van der Waals surface area contributed by atoms with Crippen LogP contribution in [-0.4, -0.2) is 69.7 Å². The molecule has 9 heteroatoms. The summed E-state index contributed by atoms with van der Waals surface area (Å²) in [6.07, 6.45) is -11.8. The van der Waals surface area contributed by atoms with Crippen LogP contribution in [0.3, 0.4) is 0 Å². The average Bonchev–Trinajstić information content (AvgIpc) is 2.74. The van der Waals surface area contributed by atoms with Gasteiger partial charge in [0.05, 0.1) is 12.0 Å². The van der Waals surface area contributed by atoms with E-state index in [1.54, 1.807) is 13.0 Å². The Labute approximate surface area is 183 Å². The predicted octanol–water partition coefficient (Wildman–Crippen LogP) is 0.924. The Morgan fingerprint density at radius 3 is 2.50 bits per heavy atom. The molecule has 1 saturated heterocycles. The molecule has 30 heavy (non-hydrogen) atoms. The molecule has 0 aromatic heterocycles. The van der Waals surface area contributed by atoms with E-state index < -0.39 is 68.2 Å². The van der Waals surface area contributed by atoms with Gasteiger partial charge >= 0.3 is 11.9 Å². The molecule has 5 atom stereocenters. The Kier molecular flexibility index (Phi) is 5.35. The largest absolute Gasteiger partial charge is 0.493 e. The fourth-order valence-corrected chi connectivity index (χ4v) is 2.84. The number of carboxylic acids is 1. The Morgan fingerprint density at radius 2 is 1.87 bits per heavy atom. The summed E-state index contributed by atoms with van der Waals surface area (Å²) < 4.78 is 62.6. The molecule has 4 N–H and O–H groups in total. The maximum Gasteiger partial charge on any atom is 0.335 e. The van der Waals surface area contributed by atoms with E-state index in [1.165, 1.54) is 0 Å². The summed E-state index contributed by atoms with van der Waals surface area (Å²) in [6, 6.07) is 5.41. The van der Waals surface area contributed by atoms with Crippen LogP contribution in [0.2, 0.25) is 0 Å². The quantitative estimate of drug-likeness (QED) is 0.348. The van der Waals surface area contributed by atoms with E-state index in [-0.39, 0.29) is 13.0 Å². The lowest BCUT2D eigenvalue weighted by atomic mass is 9.88. The third-order valence-corrected chi connectivity index (χ3v) is 4.68. The number of carbonyl (C=O) groups excluding carboxylic acids is 1. The van der Waals surface area contributed by atoms with Crippen molar-refractivity contribution in [2.75, 3.05) is 6.61 Å². The second-order valence-electron chi connectivity index (χ2n) is 7.27.